The van der Waals surface area contributed by atoms with Gasteiger partial charge in [0.15, 0.2) is 0 Å². The fourth-order valence-corrected chi connectivity index (χ4v) is 5.48. The van der Waals surface area contributed by atoms with E-state index in [-0.39, 0.29) is 48.5 Å². The second-order valence-corrected chi connectivity index (χ2v) is 9.76. The highest BCUT2D eigenvalue weighted by atomic mass is 35.5. The molecule has 2 rings (SSSR count). The van der Waals surface area contributed by atoms with Crippen molar-refractivity contribution in [2.75, 3.05) is 21.2 Å². The van der Waals surface area contributed by atoms with E-state index in [9.17, 15) is 19.5 Å². The number of hydrogen-bond acceptors (Lipinski definition) is 5. The Bertz CT molecular complexity index is 660. The van der Waals surface area contributed by atoms with Gasteiger partial charge in [0, 0.05) is 20.2 Å². The van der Waals surface area contributed by atoms with E-state index >= 15 is 0 Å². The van der Waals surface area contributed by atoms with Crippen LogP contribution in [0.15, 0.2) is 0 Å². The number of aliphatic carboxylic acids is 1. The summed E-state index contributed by atoms with van der Waals surface area (Å²) in [6.07, 6.45) is 3.22. The van der Waals surface area contributed by atoms with Gasteiger partial charge in [0.25, 0.3) is 0 Å². The van der Waals surface area contributed by atoms with E-state index in [1.165, 1.54) is 7.11 Å². The molecule has 1 saturated carbocycles. The number of likely N-dealkylation sites (N-methyl/N-ethyl adjacent to an activating group) is 2. The first-order valence-corrected chi connectivity index (χ1v) is 11.6. The number of carbonyl (C=O) groups excluding carboxylic acids is 2. The van der Waals surface area contributed by atoms with Crippen LogP contribution < -0.4 is 5.32 Å². The number of piperidine rings is 1. The van der Waals surface area contributed by atoms with Crippen LogP contribution in [-0.2, 0) is 19.1 Å². The summed E-state index contributed by atoms with van der Waals surface area (Å²) in [6, 6.07) is -0.784. The number of likely N-dealkylation sites (tertiary alicyclic amines) is 1. The summed E-state index contributed by atoms with van der Waals surface area (Å²) in [4.78, 5) is 41.8. The topological polar surface area (TPSA) is 99.2 Å². The zero-order chi connectivity index (χ0) is 23.5. The molecule has 7 atom stereocenters. The quantitative estimate of drug-likeness (QED) is 0.476. The summed E-state index contributed by atoms with van der Waals surface area (Å²) in [5, 5.41) is 12.3. The van der Waals surface area contributed by atoms with Gasteiger partial charge in [0.05, 0.1) is 24.6 Å². The van der Waals surface area contributed by atoms with Gasteiger partial charge in [-0.15, -0.1) is 12.4 Å². The van der Waals surface area contributed by atoms with Crippen molar-refractivity contribution in [2.45, 2.75) is 90.1 Å². The molecule has 1 heterocycles. The molecule has 2 fully saturated rings. The first kappa shape index (κ1) is 28.7. The van der Waals surface area contributed by atoms with Gasteiger partial charge in [0.1, 0.15) is 6.04 Å². The molecule has 0 aromatic heterocycles. The van der Waals surface area contributed by atoms with Crippen molar-refractivity contribution < 1.29 is 24.2 Å². The maximum Gasteiger partial charge on any atom is 0.306 e. The molecule has 0 aromatic carbocycles. The van der Waals surface area contributed by atoms with E-state index in [0.29, 0.717) is 12.0 Å². The number of carboxylic acids is 1. The Hall–Kier alpha value is -1.38. The number of amides is 2. The Morgan fingerprint density at radius 1 is 1.22 bits per heavy atom. The zero-order valence-electron chi connectivity index (χ0n) is 20.5. The van der Waals surface area contributed by atoms with Gasteiger partial charge in [-0.05, 0) is 44.1 Å². The van der Waals surface area contributed by atoms with E-state index in [2.05, 4.69) is 10.2 Å². The lowest BCUT2D eigenvalue weighted by Crippen LogP contribution is -2.59. The minimum atomic E-state index is -0.964. The lowest BCUT2D eigenvalue weighted by atomic mass is 9.90. The molecule has 0 radical (unpaired) electrons. The van der Waals surface area contributed by atoms with Crippen LogP contribution in [0.5, 0.6) is 0 Å². The molecule has 1 aliphatic heterocycles. The standard InChI is InChI=1S/C23H41N3O5.ClH/c1-8-14(4)20(17(31-7)12-18(27)28)26(6)23(30)19(13(2)3)24-22(29)21-15-9-10-16(11-15)25(21)5;/h13-17,19-21H,8-12H2,1-7H3,(H,24,29)(H,27,28);1H/t14-,15-,16+,17+,19-,20-,21-;/m0./s1. The Labute approximate surface area is 198 Å². The van der Waals surface area contributed by atoms with Crippen molar-refractivity contribution in [3.05, 3.63) is 0 Å². The van der Waals surface area contributed by atoms with Gasteiger partial charge < -0.3 is 20.1 Å². The Balaban J connectivity index is 0.00000512. The third-order valence-corrected chi connectivity index (χ3v) is 7.49. The molecular formula is C23H42ClN3O5. The summed E-state index contributed by atoms with van der Waals surface area (Å²) >= 11 is 0. The second-order valence-electron chi connectivity index (χ2n) is 9.76. The number of methoxy groups -OCH3 is 1. The smallest absolute Gasteiger partial charge is 0.306 e. The molecular weight excluding hydrogens is 434 g/mol. The van der Waals surface area contributed by atoms with Crippen molar-refractivity contribution in [1.82, 2.24) is 15.1 Å². The first-order valence-electron chi connectivity index (χ1n) is 11.6. The molecule has 0 aromatic rings. The molecule has 8 nitrogen and oxygen atoms in total. The summed E-state index contributed by atoms with van der Waals surface area (Å²) in [7, 11) is 5.17. The summed E-state index contributed by atoms with van der Waals surface area (Å²) in [5.41, 5.74) is 0. The summed E-state index contributed by atoms with van der Waals surface area (Å²) in [6.45, 7) is 7.85. The lowest BCUT2D eigenvalue weighted by Gasteiger charge is -2.40. The monoisotopic (exact) mass is 475 g/mol. The van der Waals surface area contributed by atoms with E-state index in [1.807, 2.05) is 34.7 Å². The Kier molecular flexibility index (Phi) is 10.9. The van der Waals surface area contributed by atoms with Gasteiger partial charge in [-0.3, -0.25) is 19.3 Å². The van der Waals surface area contributed by atoms with Gasteiger partial charge in [-0.2, -0.15) is 0 Å². The van der Waals surface area contributed by atoms with E-state index in [1.54, 1.807) is 11.9 Å². The largest absolute Gasteiger partial charge is 0.481 e. The predicted molar refractivity (Wildman–Crippen MR) is 126 cm³/mol. The number of rotatable bonds is 11. The predicted octanol–water partition coefficient (Wildman–Crippen LogP) is 2.39. The third-order valence-electron chi connectivity index (χ3n) is 7.49. The molecule has 1 saturated heterocycles. The number of nitrogens with zero attached hydrogens (tertiary/aromatic N) is 2. The fourth-order valence-electron chi connectivity index (χ4n) is 5.48. The molecule has 0 unspecified atom stereocenters. The number of fused-ring (bicyclic) bond motifs is 2. The summed E-state index contributed by atoms with van der Waals surface area (Å²) < 4.78 is 5.50. The van der Waals surface area contributed by atoms with Gasteiger partial charge in [-0.1, -0.05) is 34.1 Å². The maximum atomic E-state index is 13.5. The van der Waals surface area contributed by atoms with Crippen molar-refractivity contribution >= 4 is 30.2 Å². The van der Waals surface area contributed by atoms with Crippen molar-refractivity contribution in [3.63, 3.8) is 0 Å². The number of halogens is 1. The molecule has 1 aliphatic carbocycles. The molecule has 186 valence electrons. The van der Waals surface area contributed by atoms with Crippen LogP contribution in [-0.4, -0.2) is 84.2 Å². The fraction of sp³-hybridized carbons (Fsp3) is 0.870. The van der Waals surface area contributed by atoms with Crippen LogP contribution >= 0.6 is 12.4 Å². The van der Waals surface area contributed by atoms with E-state index in [4.69, 9.17) is 4.74 Å². The zero-order valence-corrected chi connectivity index (χ0v) is 21.4. The minimum Gasteiger partial charge on any atom is -0.481 e. The van der Waals surface area contributed by atoms with Crippen LogP contribution in [0, 0.1) is 17.8 Å². The van der Waals surface area contributed by atoms with Gasteiger partial charge >= 0.3 is 5.97 Å². The minimum absolute atomic E-state index is 0. The van der Waals surface area contributed by atoms with Crippen LogP contribution in [0.4, 0.5) is 0 Å². The van der Waals surface area contributed by atoms with Crippen molar-refractivity contribution in [1.29, 1.82) is 0 Å². The second kappa shape index (κ2) is 12.2. The van der Waals surface area contributed by atoms with Crippen molar-refractivity contribution in [3.8, 4) is 0 Å². The summed E-state index contributed by atoms with van der Waals surface area (Å²) in [5.74, 6) is -0.943. The molecule has 32 heavy (non-hydrogen) atoms. The van der Waals surface area contributed by atoms with Crippen LogP contribution in [0.2, 0.25) is 0 Å². The number of carboxylic acid groups (broad SMARTS) is 1. The number of carbonyl (C=O) groups is 3. The van der Waals surface area contributed by atoms with Crippen LogP contribution in [0.25, 0.3) is 0 Å². The molecule has 2 amide bonds. The van der Waals surface area contributed by atoms with Crippen LogP contribution in [0.3, 0.4) is 0 Å². The maximum absolute atomic E-state index is 13.5. The van der Waals surface area contributed by atoms with Crippen molar-refractivity contribution in [2.24, 2.45) is 17.8 Å². The van der Waals surface area contributed by atoms with Gasteiger partial charge in [-0.25, -0.2) is 0 Å². The van der Waals surface area contributed by atoms with E-state index < -0.39 is 24.2 Å². The highest BCUT2D eigenvalue weighted by molar-refractivity contribution is 5.90. The number of nitrogens with one attached hydrogen (secondary N) is 1. The molecule has 2 N–H and O–H groups in total. The first-order chi connectivity index (χ1) is 14.5. The molecule has 2 aliphatic rings. The average Bonchev–Trinajstić information content (AvgIpc) is 3.31. The average molecular weight is 476 g/mol. The Morgan fingerprint density at radius 2 is 1.84 bits per heavy atom. The van der Waals surface area contributed by atoms with Gasteiger partial charge in [0.2, 0.25) is 11.8 Å². The third kappa shape index (κ3) is 6.14. The normalized spacial score (nSPS) is 26.2. The molecule has 9 heteroatoms. The Morgan fingerprint density at radius 3 is 2.28 bits per heavy atom. The lowest BCUT2D eigenvalue weighted by molar-refractivity contribution is -0.148. The van der Waals surface area contributed by atoms with E-state index in [0.717, 1.165) is 25.7 Å². The van der Waals surface area contributed by atoms with Crippen LogP contribution in [0.1, 0.15) is 59.8 Å². The molecule has 0 spiro atoms. The number of ether oxygens (including phenoxy) is 1. The number of hydrogen-bond donors (Lipinski definition) is 2. The highest BCUT2D eigenvalue weighted by Gasteiger charge is 2.48. The molecule has 2 bridgehead atoms. The highest BCUT2D eigenvalue weighted by Crippen LogP contribution is 2.41. The SMILES string of the molecule is CC[C@H](C)[C@@H]([C@@H](CC(=O)O)OC)N(C)C(=O)[C@@H](NC(=O)[C@@H]1[C@H]2CC[C@H](C2)N1C)C(C)C.Cl.